The van der Waals surface area contributed by atoms with Crippen LogP contribution in [0, 0.1) is 6.92 Å². The molecule has 2 aromatic heterocycles. The zero-order chi connectivity index (χ0) is 12.4. The molecule has 0 saturated carbocycles. The van der Waals surface area contributed by atoms with Crippen molar-refractivity contribution >= 4 is 43.6 Å². The van der Waals surface area contributed by atoms with E-state index >= 15 is 0 Å². The predicted octanol–water partition coefficient (Wildman–Crippen LogP) is 3.50. The quantitative estimate of drug-likeness (QED) is 0.863. The third-order valence-corrected chi connectivity index (χ3v) is 3.06. The number of H-pyrrole nitrogens is 1. The van der Waals surface area contributed by atoms with Gasteiger partial charge in [0.2, 0.25) is 0 Å². The number of aromatic nitrogens is 2. The Bertz CT molecular complexity index is 566. The van der Waals surface area contributed by atoms with Crippen LogP contribution in [0.5, 0.6) is 0 Å². The highest BCUT2D eigenvalue weighted by Gasteiger charge is 2.10. The normalized spacial score (nSPS) is 10.3. The van der Waals surface area contributed by atoms with Crippen LogP contribution in [-0.2, 0) is 0 Å². The lowest BCUT2D eigenvalue weighted by molar-refractivity contribution is 0.102. The lowest BCUT2D eigenvalue weighted by Crippen LogP contribution is -2.14. The van der Waals surface area contributed by atoms with E-state index in [2.05, 4.69) is 47.1 Å². The summed E-state index contributed by atoms with van der Waals surface area (Å²) in [7, 11) is 0. The fourth-order valence-electron chi connectivity index (χ4n) is 1.35. The van der Waals surface area contributed by atoms with Crippen LogP contribution in [0.25, 0.3) is 0 Å². The summed E-state index contributed by atoms with van der Waals surface area (Å²) in [6.07, 6.45) is 3.35. The Morgan fingerprint density at radius 1 is 1.35 bits per heavy atom. The highest BCUT2D eigenvalue weighted by Crippen LogP contribution is 2.18. The Morgan fingerprint density at radius 2 is 2.12 bits per heavy atom. The van der Waals surface area contributed by atoms with E-state index in [-0.39, 0.29) is 5.91 Å². The van der Waals surface area contributed by atoms with E-state index < -0.39 is 0 Å². The van der Waals surface area contributed by atoms with Gasteiger partial charge in [-0.2, -0.15) is 0 Å². The van der Waals surface area contributed by atoms with Crippen molar-refractivity contribution in [2.45, 2.75) is 6.92 Å². The van der Waals surface area contributed by atoms with Crippen molar-refractivity contribution in [2.24, 2.45) is 0 Å². The summed E-state index contributed by atoms with van der Waals surface area (Å²) in [6, 6.07) is 3.61. The number of nitrogens with one attached hydrogen (secondary N) is 2. The number of amides is 1. The molecular weight excluding hydrogens is 350 g/mol. The smallest absolute Gasteiger partial charge is 0.273 e. The molecule has 2 heterocycles. The molecule has 17 heavy (non-hydrogen) atoms. The number of halogens is 2. The van der Waals surface area contributed by atoms with Crippen LogP contribution in [0.4, 0.5) is 5.82 Å². The highest BCUT2D eigenvalue weighted by molar-refractivity contribution is 9.10. The number of hydrogen-bond acceptors (Lipinski definition) is 2. The lowest BCUT2D eigenvalue weighted by Gasteiger charge is -2.06. The SMILES string of the molecule is Cc1cc(Br)cnc1NC(=O)c1cc(Br)c[nH]1. The van der Waals surface area contributed by atoms with Crippen molar-refractivity contribution in [3.63, 3.8) is 0 Å². The van der Waals surface area contributed by atoms with E-state index in [4.69, 9.17) is 0 Å². The minimum atomic E-state index is -0.214. The van der Waals surface area contributed by atoms with Gasteiger partial charge in [-0.25, -0.2) is 4.98 Å². The van der Waals surface area contributed by atoms with Crippen LogP contribution in [0.15, 0.2) is 33.5 Å². The summed E-state index contributed by atoms with van der Waals surface area (Å²) >= 11 is 6.60. The fourth-order valence-corrected chi connectivity index (χ4v) is 2.13. The average Bonchev–Trinajstić information content (AvgIpc) is 2.69. The third kappa shape index (κ3) is 2.95. The number of aromatic amines is 1. The molecule has 0 aliphatic heterocycles. The molecule has 4 nitrogen and oxygen atoms in total. The van der Waals surface area contributed by atoms with Crippen molar-refractivity contribution in [3.05, 3.63) is 44.7 Å². The van der Waals surface area contributed by atoms with Gasteiger partial charge in [-0.1, -0.05) is 0 Å². The van der Waals surface area contributed by atoms with Gasteiger partial charge in [0.05, 0.1) is 0 Å². The molecule has 0 radical (unpaired) electrons. The monoisotopic (exact) mass is 357 g/mol. The topological polar surface area (TPSA) is 57.8 Å². The first-order valence-corrected chi connectivity index (χ1v) is 6.42. The second-order valence-corrected chi connectivity index (χ2v) is 5.34. The van der Waals surface area contributed by atoms with E-state index in [1.54, 1.807) is 18.5 Å². The summed E-state index contributed by atoms with van der Waals surface area (Å²) in [5.41, 5.74) is 1.39. The van der Waals surface area contributed by atoms with Crippen molar-refractivity contribution in [1.29, 1.82) is 0 Å². The van der Waals surface area contributed by atoms with Crippen LogP contribution in [-0.4, -0.2) is 15.9 Å². The number of carbonyl (C=O) groups excluding carboxylic acids is 1. The minimum Gasteiger partial charge on any atom is -0.356 e. The Labute approximate surface area is 115 Å². The lowest BCUT2D eigenvalue weighted by atomic mass is 10.3. The van der Waals surface area contributed by atoms with E-state index in [1.807, 2.05) is 13.0 Å². The summed E-state index contributed by atoms with van der Waals surface area (Å²) in [4.78, 5) is 18.9. The molecule has 1 amide bonds. The summed E-state index contributed by atoms with van der Waals surface area (Å²) in [5, 5.41) is 2.74. The van der Waals surface area contributed by atoms with Crippen LogP contribution >= 0.6 is 31.9 Å². The number of nitrogens with zero attached hydrogens (tertiary/aromatic N) is 1. The van der Waals surface area contributed by atoms with Crippen LogP contribution < -0.4 is 5.32 Å². The average molecular weight is 359 g/mol. The Morgan fingerprint density at radius 3 is 2.71 bits per heavy atom. The number of hydrogen-bond donors (Lipinski definition) is 2. The van der Waals surface area contributed by atoms with Crippen LogP contribution in [0.3, 0.4) is 0 Å². The molecule has 0 aromatic carbocycles. The number of rotatable bonds is 2. The van der Waals surface area contributed by atoms with E-state index in [9.17, 15) is 4.79 Å². The molecule has 2 rings (SSSR count). The first-order chi connectivity index (χ1) is 8.06. The molecule has 88 valence electrons. The van der Waals surface area contributed by atoms with Crippen molar-refractivity contribution in [1.82, 2.24) is 9.97 Å². The number of pyridine rings is 1. The van der Waals surface area contributed by atoms with Gasteiger partial charge < -0.3 is 10.3 Å². The largest absolute Gasteiger partial charge is 0.356 e. The van der Waals surface area contributed by atoms with Gasteiger partial charge in [-0.15, -0.1) is 0 Å². The molecule has 0 atom stereocenters. The second-order valence-electron chi connectivity index (χ2n) is 3.50. The van der Waals surface area contributed by atoms with E-state index in [0.717, 1.165) is 14.5 Å². The molecule has 0 fully saturated rings. The predicted molar refractivity (Wildman–Crippen MR) is 73.1 cm³/mol. The molecule has 0 bridgehead atoms. The van der Waals surface area contributed by atoms with Gasteiger partial charge in [0, 0.05) is 21.3 Å². The van der Waals surface area contributed by atoms with Gasteiger partial charge in [-0.3, -0.25) is 4.79 Å². The molecule has 0 aliphatic carbocycles. The molecule has 0 saturated heterocycles. The number of carbonyl (C=O) groups is 1. The number of anilines is 1. The summed E-state index contributed by atoms with van der Waals surface area (Å²) < 4.78 is 1.72. The molecule has 2 aromatic rings. The van der Waals surface area contributed by atoms with Gasteiger partial charge in [0.15, 0.2) is 0 Å². The third-order valence-electron chi connectivity index (χ3n) is 2.17. The highest BCUT2D eigenvalue weighted by atomic mass is 79.9. The first-order valence-electron chi connectivity index (χ1n) is 4.83. The van der Waals surface area contributed by atoms with Crippen LogP contribution in [0.2, 0.25) is 0 Å². The van der Waals surface area contributed by atoms with Crippen molar-refractivity contribution in [2.75, 3.05) is 5.32 Å². The van der Waals surface area contributed by atoms with Crippen molar-refractivity contribution in [3.8, 4) is 0 Å². The second kappa shape index (κ2) is 5.01. The molecule has 6 heteroatoms. The summed E-state index contributed by atoms with van der Waals surface area (Å²) in [5.74, 6) is 0.345. The first kappa shape index (κ1) is 12.3. The zero-order valence-electron chi connectivity index (χ0n) is 8.92. The minimum absolute atomic E-state index is 0.214. The number of aryl methyl sites for hydroxylation is 1. The maximum Gasteiger partial charge on any atom is 0.273 e. The molecule has 0 unspecified atom stereocenters. The molecule has 2 N–H and O–H groups in total. The maximum absolute atomic E-state index is 11.8. The fraction of sp³-hybridized carbons (Fsp3) is 0.0909. The molecular formula is C11H9Br2N3O. The van der Waals surface area contributed by atoms with E-state index in [1.165, 1.54) is 0 Å². The Balaban J connectivity index is 2.18. The standard InChI is InChI=1S/C11H9Br2N3O/c1-6-2-7(12)5-15-10(6)16-11(17)9-3-8(13)4-14-9/h2-5,14H,1H3,(H,15,16,17). The van der Waals surface area contributed by atoms with Gasteiger partial charge >= 0.3 is 0 Å². The maximum atomic E-state index is 11.8. The molecule has 0 spiro atoms. The van der Waals surface area contributed by atoms with Crippen LogP contribution in [0.1, 0.15) is 16.1 Å². The van der Waals surface area contributed by atoms with Crippen molar-refractivity contribution < 1.29 is 4.79 Å². The van der Waals surface area contributed by atoms with Gasteiger partial charge in [0.25, 0.3) is 5.91 Å². The van der Waals surface area contributed by atoms with E-state index in [0.29, 0.717) is 11.5 Å². The Hall–Kier alpha value is -1.14. The summed E-state index contributed by atoms with van der Waals surface area (Å²) in [6.45, 7) is 1.89. The van der Waals surface area contributed by atoms with Gasteiger partial charge in [0.1, 0.15) is 11.5 Å². The van der Waals surface area contributed by atoms with Gasteiger partial charge in [-0.05, 0) is 56.5 Å². The zero-order valence-corrected chi connectivity index (χ0v) is 12.1. The Kier molecular flexibility index (Phi) is 3.63. The molecule has 0 aliphatic rings.